The van der Waals surface area contributed by atoms with Crippen molar-refractivity contribution >= 4 is 41.4 Å². The molecule has 6 aromatic rings. The standard InChI is InChI=1S/C12H10Si.2C10H9.2ClH.Zr/c1-3-7-11(8-4-1)13-12-9-5-2-6-10-12;2*1-8-6-9-4-2-3-5-10(9)7-8;;;/h1-10H;2*2-7H,1H3;2*1H;/q;2*-1;;;+4/p-2. The van der Waals surface area contributed by atoms with Crippen LogP contribution in [0.25, 0.3) is 21.5 Å². The summed E-state index contributed by atoms with van der Waals surface area (Å²) in [5.74, 6) is 0. The summed E-state index contributed by atoms with van der Waals surface area (Å²) in [6.07, 6.45) is 0. The van der Waals surface area contributed by atoms with Gasteiger partial charge in [-0.05, 0) is 0 Å². The van der Waals surface area contributed by atoms with Gasteiger partial charge in [-0.3, -0.25) is 0 Å². The molecule has 0 spiro atoms. The van der Waals surface area contributed by atoms with Gasteiger partial charge in [-0.15, -0.1) is 81.2 Å². The van der Waals surface area contributed by atoms with Crippen LogP contribution in [0.2, 0.25) is 0 Å². The Morgan fingerprint density at radius 3 is 1.17 bits per heavy atom. The first-order valence-corrected chi connectivity index (χ1v) is 12.3. The molecule has 0 amide bonds. The van der Waals surface area contributed by atoms with Gasteiger partial charge in [0, 0.05) is 0 Å². The van der Waals surface area contributed by atoms with Crippen LogP contribution >= 0.6 is 0 Å². The molecule has 0 bridgehead atoms. The number of hydrogen-bond acceptors (Lipinski definition) is 0. The second kappa shape index (κ2) is 16.5. The molecular formula is C32H28Cl2SiZr. The molecule has 36 heavy (non-hydrogen) atoms. The van der Waals surface area contributed by atoms with Crippen LogP contribution in [0.15, 0.2) is 133 Å². The van der Waals surface area contributed by atoms with Crippen LogP contribution in [0.1, 0.15) is 11.1 Å². The van der Waals surface area contributed by atoms with Crippen LogP contribution in [0.3, 0.4) is 0 Å². The van der Waals surface area contributed by atoms with E-state index in [9.17, 15) is 0 Å². The summed E-state index contributed by atoms with van der Waals surface area (Å²) in [7, 11) is 0.777. The molecule has 0 aliphatic heterocycles. The Bertz CT molecular complexity index is 1230. The average molecular weight is 603 g/mol. The largest absolute Gasteiger partial charge is 4.00 e. The molecule has 0 nitrogen and oxygen atoms in total. The molecule has 0 N–H and O–H groups in total. The third-order valence-corrected chi connectivity index (χ3v) is 6.60. The van der Waals surface area contributed by atoms with Gasteiger partial charge in [0.2, 0.25) is 0 Å². The summed E-state index contributed by atoms with van der Waals surface area (Å²) >= 11 is 0. The fourth-order valence-electron chi connectivity index (χ4n) is 3.82. The third kappa shape index (κ3) is 9.68. The zero-order valence-corrected chi connectivity index (χ0v) is 25.4. The maximum atomic E-state index is 2.20. The number of fused-ring (bicyclic) bond motifs is 2. The molecule has 0 saturated heterocycles. The molecule has 0 heterocycles. The van der Waals surface area contributed by atoms with E-state index < -0.39 is 0 Å². The Labute approximate surface area is 249 Å². The van der Waals surface area contributed by atoms with Gasteiger partial charge in [0.15, 0.2) is 0 Å². The number of rotatable bonds is 2. The molecule has 0 unspecified atom stereocenters. The predicted octanol–water partition coefficient (Wildman–Crippen LogP) is 1.08. The molecule has 6 aromatic carbocycles. The Morgan fingerprint density at radius 2 is 0.806 bits per heavy atom. The first-order valence-electron chi connectivity index (χ1n) is 11.3. The topological polar surface area (TPSA) is 0 Å². The minimum atomic E-state index is 0. The normalized spacial score (nSPS) is 9.39. The SMILES string of the molecule is Cc1cc2ccccc2[cH-]1.Cc1cc2ccccc2[cH-]1.[Cl-].[Cl-].[Zr+4].c1ccc([Si]c2ccccc2)cc1. The molecule has 0 aliphatic rings. The van der Waals surface area contributed by atoms with E-state index in [1.54, 1.807) is 0 Å². The molecule has 2 radical (unpaired) electrons. The van der Waals surface area contributed by atoms with E-state index in [0.29, 0.717) is 0 Å². The third-order valence-electron chi connectivity index (χ3n) is 5.36. The van der Waals surface area contributed by atoms with Gasteiger partial charge in [-0.25, -0.2) is 0 Å². The fourth-order valence-corrected chi connectivity index (χ4v) is 4.87. The van der Waals surface area contributed by atoms with E-state index in [-0.39, 0.29) is 51.0 Å². The van der Waals surface area contributed by atoms with Crippen molar-refractivity contribution in [1.82, 2.24) is 0 Å². The Morgan fingerprint density at radius 1 is 0.472 bits per heavy atom. The van der Waals surface area contributed by atoms with E-state index in [1.807, 2.05) is 0 Å². The van der Waals surface area contributed by atoms with Crippen molar-refractivity contribution in [1.29, 1.82) is 0 Å². The van der Waals surface area contributed by atoms with Crippen molar-refractivity contribution in [3.8, 4) is 0 Å². The molecule has 178 valence electrons. The summed E-state index contributed by atoms with van der Waals surface area (Å²) in [5, 5.41) is 8.18. The maximum Gasteiger partial charge on any atom is 4.00 e. The van der Waals surface area contributed by atoms with Crippen molar-refractivity contribution in [2.45, 2.75) is 13.8 Å². The quantitative estimate of drug-likeness (QED) is 0.206. The molecule has 0 aromatic heterocycles. The molecule has 4 heteroatoms. The first kappa shape index (κ1) is 31.8. The summed E-state index contributed by atoms with van der Waals surface area (Å²) in [6, 6.07) is 46.8. The summed E-state index contributed by atoms with van der Waals surface area (Å²) in [5.41, 5.74) is 2.70. The van der Waals surface area contributed by atoms with Gasteiger partial charge in [-0.2, -0.15) is 12.1 Å². The fraction of sp³-hybridized carbons (Fsp3) is 0.0625. The zero-order chi connectivity index (χ0) is 22.9. The van der Waals surface area contributed by atoms with E-state index in [1.165, 1.54) is 43.0 Å². The van der Waals surface area contributed by atoms with Gasteiger partial charge in [0.25, 0.3) is 0 Å². The minimum absolute atomic E-state index is 0. The van der Waals surface area contributed by atoms with Crippen LogP contribution in [-0.4, -0.2) is 9.52 Å². The van der Waals surface area contributed by atoms with Gasteiger partial charge >= 0.3 is 26.2 Å². The smallest absolute Gasteiger partial charge is 1.00 e. The van der Waals surface area contributed by atoms with Crippen LogP contribution in [0.5, 0.6) is 0 Å². The average Bonchev–Trinajstić information content (AvgIpc) is 3.41. The van der Waals surface area contributed by atoms with E-state index in [2.05, 4.69) is 147 Å². The molecular weight excluding hydrogens is 575 g/mol. The number of halogens is 2. The molecule has 0 saturated carbocycles. The predicted molar refractivity (Wildman–Crippen MR) is 146 cm³/mol. The van der Waals surface area contributed by atoms with Crippen LogP contribution in [0.4, 0.5) is 0 Å². The van der Waals surface area contributed by atoms with Crippen molar-refractivity contribution in [2.24, 2.45) is 0 Å². The summed E-state index contributed by atoms with van der Waals surface area (Å²) in [4.78, 5) is 0. The molecule has 6 rings (SSSR count). The van der Waals surface area contributed by atoms with Crippen molar-refractivity contribution in [3.05, 3.63) is 145 Å². The molecule has 0 fully saturated rings. The molecule has 0 aliphatic carbocycles. The summed E-state index contributed by atoms with van der Waals surface area (Å²) < 4.78 is 0. The second-order valence-electron chi connectivity index (χ2n) is 8.18. The van der Waals surface area contributed by atoms with Crippen molar-refractivity contribution in [2.75, 3.05) is 0 Å². The monoisotopic (exact) mass is 600 g/mol. The van der Waals surface area contributed by atoms with Gasteiger partial charge in [-0.1, -0.05) is 97.0 Å². The Hall–Kier alpha value is -2.22. The van der Waals surface area contributed by atoms with Gasteiger partial charge in [0.05, 0.1) is 0 Å². The van der Waals surface area contributed by atoms with Crippen LogP contribution in [0, 0.1) is 13.8 Å². The van der Waals surface area contributed by atoms with Gasteiger partial charge in [0.1, 0.15) is 9.52 Å². The second-order valence-corrected chi connectivity index (χ2v) is 9.58. The number of benzene rings is 4. The minimum Gasteiger partial charge on any atom is -1.00 e. The summed E-state index contributed by atoms with van der Waals surface area (Å²) in [6.45, 7) is 4.25. The Kier molecular flexibility index (Phi) is 14.6. The van der Waals surface area contributed by atoms with Crippen molar-refractivity contribution < 1.29 is 51.0 Å². The van der Waals surface area contributed by atoms with Crippen LogP contribution < -0.4 is 35.2 Å². The van der Waals surface area contributed by atoms with E-state index in [4.69, 9.17) is 0 Å². The number of hydrogen-bond donors (Lipinski definition) is 0. The number of aryl methyl sites for hydroxylation is 2. The Balaban J connectivity index is 0.000000262. The maximum absolute atomic E-state index is 2.20. The first-order chi connectivity index (χ1) is 16.2. The van der Waals surface area contributed by atoms with Crippen molar-refractivity contribution in [3.63, 3.8) is 0 Å². The van der Waals surface area contributed by atoms with Crippen LogP contribution in [-0.2, 0) is 26.2 Å². The van der Waals surface area contributed by atoms with E-state index in [0.717, 1.165) is 9.52 Å². The van der Waals surface area contributed by atoms with Gasteiger partial charge < -0.3 is 24.8 Å². The van der Waals surface area contributed by atoms with E-state index >= 15 is 0 Å². The zero-order valence-electron chi connectivity index (χ0n) is 20.5. The molecule has 0 atom stereocenters.